The van der Waals surface area contributed by atoms with Crippen LogP contribution in [0.5, 0.6) is 11.5 Å². The summed E-state index contributed by atoms with van der Waals surface area (Å²) in [5.41, 5.74) is 4.81. The lowest BCUT2D eigenvalue weighted by Gasteiger charge is -2.08. The Kier molecular flexibility index (Phi) is 5.59. The van der Waals surface area contributed by atoms with Crippen molar-refractivity contribution in [1.82, 2.24) is 0 Å². The van der Waals surface area contributed by atoms with Crippen LogP contribution in [-0.4, -0.2) is 11.9 Å². The van der Waals surface area contributed by atoms with Gasteiger partial charge in [0.1, 0.15) is 11.5 Å². The maximum atomic E-state index is 12.3. The third-order valence-electron chi connectivity index (χ3n) is 4.17. The minimum atomic E-state index is -0.473. The average Bonchev–Trinajstić information content (AvgIpc) is 2.60. The molecule has 0 saturated heterocycles. The van der Waals surface area contributed by atoms with Crippen LogP contribution < -0.4 is 9.47 Å². The third kappa shape index (κ3) is 4.86. The molecule has 0 aliphatic carbocycles. The Bertz CT molecular complexity index is 908. The van der Waals surface area contributed by atoms with Crippen LogP contribution in [0.3, 0.4) is 0 Å². The summed E-state index contributed by atoms with van der Waals surface area (Å²) >= 11 is 0. The highest BCUT2D eigenvalue weighted by Crippen LogP contribution is 2.20. The van der Waals surface area contributed by atoms with E-state index in [0.717, 1.165) is 22.3 Å². The molecule has 0 fully saturated rings. The van der Waals surface area contributed by atoms with Gasteiger partial charge in [0, 0.05) is 0 Å². The largest absolute Gasteiger partial charge is 0.423 e. The van der Waals surface area contributed by atoms with E-state index in [0.29, 0.717) is 22.6 Å². The van der Waals surface area contributed by atoms with Crippen molar-refractivity contribution in [3.8, 4) is 11.5 Å². The van der Waals surface area contributed by atoms with Crippen LogP contribution in [0, 0.1) is 27.7 Å². The summed E-state index contributed by atoms with van der Waals surface area (Å²) in [5, 5.41) is 0. The standard InChI is InChI=1S/C24H22O4/c1-15-9-16(2)12-21(11-15)27-23(25)19-5-7-20(8-6-19)24(26)28-22-13-17(3)10-18(4)14-22/h5-14H,1-4H3. The predicted molar refractivity (Wildman–Crippen MR) is 108 cm³/mol. The number of hydrogen-bond acceptors (Lipinski definition) is 4. The molecule has 3 rings (SSSR count). The molecule has 0 atom stereocenters. The molecule has 0 saturated carbocycles. The van der Waals surface area contributed by atoms with E-state index >= 15 is 0 Å². The van der Waals surface area contributed by atoms with Gasteiger partial charge in [-0.2, -0.15) is 0 Å². The highest BCUT2D eigenvalue weighted by Gasteiger charge is 2.13. The topological polar surface area (TPSA) is 52.6 Å². The van der Waals surface area contributed by atoms with E-state index in [1.807, 2.05) is 39.8 Å². The monoisotopic (exact) mass is 374 g/mol. The zero-order valence-corrected chi connectivity index (χ0v) is 16.4. The van der Waals surface area contributed by atoms with Gasteiger partial charge >= 0.3 is 11.9 Å². The Morgan fingerprint density at radius 3 is 1.11 bits per heavy atom. The van der Waals surface area contributed by atoms with E-state index in [2.05, 4.69) is 0 Å². The summed E-state index contributed by atoms with van der Waals surface area (Å²) in [7, 11) is 0. The molecule has 0 unspecified atom stereocenters. The molecule has 0 heterocycles. The molecule has 0 bridgehead atoms. The number of ether oxygens (including phenoxy) is 2. The Balaban J connectivity index is 1.69. The Morgan fingerprint density at radius 2 is 0.821 bits per heavy atom. The summed E-state index contributed by atoms with van der Waals surface area (Å²) in [6.07, 6.45) is 0. The van der Waals surface area contributed by atoms with Gasteiger partial charge in [-0.3, -0.25) is 0 Å². The van der Waals surface area contributed by atoms with Gasteiger partial charge in [0.05, 0.1) is 11.1 Å². The summed E-state index contributed by atoms with van der Waals surface area (Å²) in [4.78, 5) is 24.7. The quantitative estimate of drug-likeness (QED) is 0.456. The highest BCUT2D eigenvalue weighted by atomic mass is 16.5. The molecule has 3 aromatic carbocycles. The van der Waals surface area contributed by atoms with Gasteiger partial charge in [-0.15, -0.1) is 0 Å². The maximum absolute atomic E-state index is 12.3. The molecule has 0 radical (unpaired) electrons. The molecule has 0 aromatic heterocycles. The van der Waals surface area contributed by atoms with Crippen LogP contribution in [0.1, 0.15) is 43.0 Å². The van der Waals surface area contributed by atoms with E-state index in [9.17, 15) is 9.59 Å². The van der Waals surface area contributed by atoms with Gasteiger partial charge in [0.2, 0.25) is 0 Å². The van der Waals surface area contributed by atoms with Crippen LogP contribution in [0.4, 0.5) is 0 Å². The van der Waals surface area contributed by atoms with Crippen LogP contribution in [0.15, 0.2) is 60.7 Å². The van der Waals surface area contributed by atoms with Gasteiger partial charge in [0.15, 0.2) is 0 Å². The van der Waals surface area contributed by atoms with Crippen LogP contribution >= 0.6 is 0 Å². The van der Waals surface area contributed by atoms with Gasteiger partial charge in [0.25, 0.3) is 0 Å². The molecule has 0 N–H and O–H groups in total. The normalized spacial score (nSPS) is 10.4. The molecule has 0 amide bonds. The van der Waals surface area contributed by atoms with Gasteiger partial charge in [-0.25, -0.2) is 9.59 Å². The molecular weight excluding hydrogens is 352 g/mol. The van der Waals surface area contributed by atoms with Crippen molar-refractivity contribution in [3.05, 3.63) is 94.0 Å². The highest BCUT2D eigenvalue weighted by molar-refractivity contribution is 5.94. The number of aryl methyl sites for hydroxylation is 4. The smallest absolute Gasteiger partial charge is 0.343 e. The van der Waals surface area contributed by atoms with Crippen LogP contribution in [0.25, 0.3) is 0 Å². The lowest BCUT2D eigenvalue weighted by atomic mass is 10.1. The molecule has 28 heavy (non-hydrogen) atoms. The fraction of sp³-hybridized carbons (Fsp3) is 0.167. The first-order valence-corrected chi connectivity index (χ1v) is 9.01. The summed E-state index contributed by atoms with van der Waals surface area (Å²) in [5.74, 6) is 0.0556. The first-order chi connectivity index (χ1) is 13.3. The molecule has 0 aliphatic heterocycles. The average molecular weight is 374 g/mol. The number of hydrogen-bond donors (Lipinski definition) is 0. The molecule has 4 heteroatoms. The Hall–Kier alpha value is -3.40. The predicted octanol–water partition coefficient (Wildman–Crippen LogP) is 5.36. The van der Waals surface area contributed by atoms with E-state index in [-0.39, 0.29) is 0 Å². The first kappa shape index (κ1) is 19.4. The summed E-state index contributed by atoms with van der Waals surface area (Å²) < 4.78 is 10.9. The van der Waals surface area contributed by atoms with E-state index in [1.54, 1.807) is 48.5 Å². The van der Waals surface area contributed by atoms with E-state index in [1.165, 1.54) is 0 Å². The van der Waals surface area contributed by atoms with Crippen molar-refractivity contribution < 1.29 is 19.1 Å². The van der Waals surface area contributed by atoms with Gasteiger partial charge in [-0.05, 0) is 98.5 Å². The van der Waals surface area contributed by atoms with Crippen molar-refractivity contribution in [2.24, 2.45) is 0 Å². The van der Waals surface area contributed by atoms with Crippen LogP contribution in [-0.2, 0) is 0 Å². The zero-order valence-electron chi connectivity index (χ0n) is 16.4. The number of benzene rings is 3. The minimum Gasteiger partial charge on any atom is -0.423 e. The molecule has 0 spiro atoms. The van der Waals surface area contributed by atoms with Crippen molar-refractivity contribution in [3.63, 3.8) is 0 Å². The number of carbonyl (C=O) groups is 2. The first-order valence-electron chi connectivity index (χ1n) is 9.01. The minimum absolute atomic E-state index is 0.363. The molecule has 4 nitrogen and oxygen atoms in total. The zero-order chi connectivity index (χ0) is 20.3. The van der Waals surface area contributed by atoms with Crippen molar-refractivity contribution in [2.75, 3.05) is 0 Å². The lowest BCUT2D eigenvalue weighted by molar-refractivity contribution is 0.0720. The number of rotatable bonds is 4. The third-order valence-corrected chi connectivity index (χ3v) is 4.17. The van der Waals surface area contributed by atoms with Crippen LogP contribution in [0.2, 0.25) is 0 Å². The van der Waals surface area contributed by atoms with Gasteiger partial charge in [-0.1, -0.05) is 12.1 Å². The maximum Gasteiger partial charge on any atom is 0.343 e. The van der Waals surface area contributed by atoms with Crippen molar-refractivity contribution >= 4 is 11.9 Å². The number of esters is 2. The molecular formula is C24H22O4. The summed E-state index contributed by atoms with van der Waals surface area (Å²) in [6, 6.07) is 17.5. The molecule has 0 aliphatic rings. The Morgan fingerprint density at radius 1 is 0.536 bits per heavy atom. The van der Waals surface area contributed by atoms with E-state index < -0.39 is 11.9 Å². The Labute approximate surface area is 164 Å². The second kappa shape index (κ2) is 8.09. The number of carbonyl (C=O) groups excluding carboxylic acids is 2. The second-order valence-electron chi connectivity index (χ2n) is 7.00. The SMILES string of the molecule is Cc1cc(C)cc(OC(=O)c2ccc(C(=O)Oc3cc(C)cc(C)c3)cc2)c1. The fourth-order valence-electron chi connectivity index (χ4n) is 3.06. The molecule has 142 valence electrons. The van der Waals surface area contributed by atoms with E-state index in [4.69, 9.17) is 9.47 Å². The van der Waals surface area contributed by atoms with Crippen molar-refractivity contribution in [2.45, 2.75) is 27.7 Å². The summed E-state index contributed by atoms with van der Waals surface area (Å²) in [6.45, 7) is 7.78. The second-order valence-corrected chi connectivity index (χ2v) is 7.00. The van der Waals surface area contributed by atoms with Crippen molar-refractivity contribution in [1.29, 1.82) is 0 Å². The molecule has 3 aromatic rings. The lowest BCUT2D eigenvalue weighted by Crippen LogP contribution is -2.11. The van der Waals surface area contributed by atoms with Gasteiger partial charge < -0.3 is 9.47 Å². The fourth-order valence-corrected chi connectivity index (χ4v) is 3.06.